The molecule has 0 bridgehead atoms. The quantitative estimate of drug-likeness (QED) is 0.556. The highest BCUT2D eigenvalue weighted by Crippen LogP contribution is 2.28. The number of nitrogens with one attached hydrogen (secondary N) is 2. The lowest BCUT2D eigenvalue weighted by Gasteiger charge is -2.24. The number of hydrogen-bond acceptors (Lipinski definition) is 5. The summed E-state index contributed by atoms with van der Waals surface area (Å²) in [4.78, 5) is 21.6. The summed E-state index contributed by atoms with van der Waals surface area (Å²) in [6, 6.07) is 11.5. The Labute approximate surface area is 193 Å². The van der Waals surface area contributed by atoms with Gasteiger partial charge < -0.3 is 15.4 Å². The van der Waals surface area contributed by atoms with Crippen molar-refractivity contribution >= 4 is 17.5 Å². The Kier molecular flexibility index (Phi) is 7.02. The maximum atomic E-state index is 12.9. The highest BCUT2D eigenvalue weighted by Gasteiger charge is 2.18. The largest absolute Gasteiger partial charge is 0.456 e. The van der Waals surface area contributed by atoms with Crippen LogP contribution in [-0.2, 0) is 6.42 Å². The molecule has 2 aromatic heterocycles. The minimum Gasteiger partial charge on any atom is -0.456 e. The standard InChI is InChI=1S/C25H27ClN4O2/c1-3-17-12-18(4-5-22(17)25(31)30-19-6-9-27-10-7-19)24-14-20(8-11-28-24)32-21-13-23(26)16(2)29-15-21/h4-5,8,11-15,19,27H,3,6-7,9-10H2,1-2H3,(H,30,31). The summed E-state index contributed by atoms with van der Waals surface area (Å²) in [5.41, 5.74) is 4.18. The van der Waals surface area contributed by atoms with E-state index >= 15 is 0 Å². The van der Waals surface area contributed by atoms with E-state index in [0.29, 0.717) is 16.5 Å². The van der Waals surface area contributed by atoms with Crippen molar-refractivity contribution in [3.8, 4) is 22.8 Å². The van der Waals surface area contributed by atoms with E-state index in [1.807, 2.05) is 31.2 Å². The molecule has 0 unspecified atom stereocenters. The average Bonchev–Trinajstić information content (AvgIpc) is 2.82. The minimum atomic E-state index is -0.00547. The van der Waals surface area contributed by atoms with Crippen LogP contribution in [0.1, 0.15) is 41.4 Å². The fraction of sp³-hybridized carbons (Fsp3) is 0.320. The molecule has 3 heterocycles. The second-order valence-electron chi connectivity index (χ2n) is 7.94. The number of amides is 1. The number of aryl methyl sites for hydroxylation is 2. The number of piperidine rings is 1. The third-order valence-corrected chi connectivity index (χ3v) is 6.05. The summed E-state index contributed by atoms with van der Waals surface area (Å²) < 4.78 is 5.92. The van der Waals surface area contributed by atoms with Crippen LogP contribution in [0.25, 0.3) is 11.3 Å². The number of carbonyl (C=O) groups is 1. The molecular weight excluding hydrogens is 424 g/mol. The summed E-state index contributed by atoms with van der Waals surface area (Å²) in [5.74, 6) is 1.20. The molecule has 166 valence electrons. The molecule has 1 aliphatic heterocycles. The highest BCUT2D eigenvalue weighted by molar-refractivity contribution is 6.31. The van der Waals surface area contributed by atoms with Crippen LogP contribution >= 0.6 is 11.6 Å². The van der Waals surface area contributed by atoms with Gasteiger partial charge in [0.25, 0.3) is 5.91 Å². The molecular formula is C25H27ClN4O2. The SMILES string of the molecule is CCc1cc(-c2cc(Oc3cnc(C)c(Cl)c3)ccn2)ccc1C(=O)NC1CCNCC1. The van der Waals surface area contributed by atoms with E-state index in [4.69, 9.17) is 16.3 Å². The van der Waals surface area contributed by atoms with E-state index < -0.39 is 0 Å². The number of pyridine rings is 2. The van der Waals surface area contributed by atoms with Crippen LogP contribution in [0.15, 0.2) is 48.8 Å². The number of rotatable bonds is 6. The lowest BCUT2D eigenvalue weighted by atomic mass is 9.98. The van der Waals surface area contributed by atoms with Gasteiger partial charge in [0.05, 0.1) is 22.6 Å². The summed E-state index contributed by atoms with van der Waals surface area (Å²) in [6.45, 7) is 5.79. The maximum Gasteiger partial charge on any atom is 0.251 e. The van der Waals surface area contributed by atoms with Crippen molar-refractivity contribution in [2.75, 3.05) is 13.1 Å². The van der Waals surface area contributed by atoms with Crippen LogP contribution in [0.3, 0.4) is 0 Å². The van der Waals surface area contributed by atoms with Gasteiger partial charge >= 0.3 is 0 Å². The monoisotopic (exact) mass is 450 g/mol. The number of ether oxygens (including phenoxy) is 1. The summed E-state index contributed by atoms with van der Waals surface area (Å²) >= 11 is 6.15. The second kappa shape index (κ2) is 10.1. The van der Waals surface area contributed by atoms with E-state index in [1.54, 1.807) is 24.5 Å². The third-order valence-electron chi connectivity index (χ3n) is 5.67. The Morgan fingerprint density at radius 3 is 2.72 bits per heavy atom. The number of benzene rings is 1. The van der Waals surface area contributed by atoms with E-state index in [1.165, 1.54) is 0 Å². The Morgan fingerprint density at radius 1 is 1.16 bits per heavy atom. The highest BCUT2D eigenvalue weighted by atomic mass is 35.5. The van der Waals surface area contributed by atoms with Crippen molar-refractivity contribution in [2.24, 2.45) is 0 Å². The Balaban J connectivity index is 1.53. The molecule has 1 aliphatic rings. The summed E-state index contributed by atoms with van der Waals surface area (Å²) in [5, 5.41) is 7.06. The van der Waals surface area contributed by atoms with Crippen molar-refractivity contribution in [3.05, 3.63) is 70.6 Å². The van der Waals surface area contributed by atoms with E-state index in [2.05, 4.69) is 27.5 Å². The topological polar surface area (TPSA) is 76.1 Å². The molecule has 1 fully saturated rings. The molecule has 4 rings (SSSR count). The Morgan fingerprint density at radius 2 is 1.97 bits per heavy atom. The predicted octanol–water partition coefficient (Wildman–Crippen LogP) is 4.94. The number of hydrogen-bond donors (Lipinski definition) is 2. The van der Waals surface area contributed by atoms with Crippen LogP contribution in [0.4, 0.5) is 0 Å². The summed E-state index contributed by atoms with van der Waals surface area (Å²) in [6.07, 6.45) is 6.03. The van der Waals surface area contributed by atoms with Crippen molar-refractivity contribution < 1.29 is 9.53 Å². The van der Waals surface area contributed by atoms with Gasteiger partial charge in [-0.15, -0.1) is 0 Å². The van der Waals surface area contributed by atoms with E-state index in [0.717, 1.165) is 60.4 Å². The van der Waals surface area contributed by atoms with Gasteiger partial charge in [0, 0.05) is 35.5 Å². The molecule has 7 heteroatoms. The zero-order valence-corrected chi connectivity index (χ0v) is 19.1. The first-order valence-corrected chi connectivity index (χ1v) is 11.3. The van der Waals surface area contributed by atoms with E-state index in [9.17, 15) is 4.79 Å². The van der Waals surface area contributed by atoms with Crippen LogP contribution in [0.5, 0.6) is 11.5 Å². The molecule has 2 N–H and O–H groups in total. The number of carbonyl (C=O) groups excluding carboxylic acids is 1. The zero-order valence-electron chi connectivity index (χ0n) is 18.3. The van der Waals surface area contributed by atoms with Gasteiger partial charge in [-0.2, -0.15) is 0 Å². The number of aromatic nitrogens is 2. The molecule has 0 atom stereocenters. The molecule has 6 nitrogen and oxygen atoms in total. The fourth-order valence-corrected chi connectivity index (χ4v) is 3.97. The number of nitrogens with zero attached hydrogens (tertiary/aromatic N) is 2. The van der Waals surface area contributed by atoms with Gasteiger partial charge in [0.15, 0.2) is 0 Å². The van der Waals surface area contributed by atoms with Gasteiger partial charge in [-0.1, -0.05) is 24.6 Å². The van der Waals surface area contributed by atoms with E-state index in [-0.39, 0.29) is 11.9 Å². The second-order valence-corrected chi connectivity index (χ2v) is 8.35. The first-order chi connectivity index (χ1) is 15.5. The molecule has 0 saturated carbocycles. The fourth-order valence-electron chi connectivity index (χ4n) is 3.81. The molecule has 0 spiro atoms. The normalized spacial score (nSPS) is 14.2. The molecule has 1 saturated heterocycles. The minimum absolute atomic E-state index is 0.00547. The summed E-state index contributed by atoms with van der Waals surface area (Å²) in [7, 11) is 0. The molecule has 32 heavy (non-hydrogen) atoms. The Bertz CT molecular complexity index is 1110. The maximum absolute atomic E-state index is 12.9. The first kappa shape index (κ1) is 22.2. The van der Waals surface area contributed by atoms with Crippen molar-refractivity contribution in [3.63, 3.8) is 0 Å². The first-order valence-electron chi connectivity index (χ1n) is 10.9. The Hall–Kier alpha value is -2.96. The van der Waals surface area contributed by atoms with Crippen molar-refractivity contribution in [1.82, 2.24) is 20.6 Å². The lowest BCUT2D eigenvalue weighted by molar-refractivity contribution is 0.0928. The van der Waals surface area contributed by atoms with Crippen LogP contribution in [0, 0.1) is 6.92 Å². The van der Waals surface area contributed by atoms with Crippen LogP contribution < -0.4 is 15.4 Å². The predicted molar refractivity (Wildman–Crippen MR) is 126 cm³/mol. The molecule has 3 aromatic rings. The van der Waals surface area contributed by atoms with Crippen LogP contribution in [0.2, 0.25) is 5.02 Å². The van der Waals surface area contributed by atoms with Crippen LogP contribution in [-0.4, -0.2) is 35.0 Å². The van der Waals surface area contributed by atoms with Gasteiger partial charge in [-0.3, -0.25) is 14.8 Å². The lowest BCUT2D eigenvalue weighted by Crippen LogP contribution is -2.42. The van der Waals surface area contributed by atoms with Gasteiger partial charge in [0.2, 0.25) is 0 Å². The molecule has 0 radical (unpaired) electrons. The number of halogens is 1. The average molecular weight is 451 g/mol. The molecule has 1 amide bonds. The van der Waals surface area contributed by atoms with Gasteiger partial charge in [-0.05, 0) is 63.0 Å². The molecule has 1 aromatic carbocycles. The van der Waals surface area contributed by atoms with Crippen molar-refractivity contribution in [2.45, 2.75) is 39.2 Å². The van der Waals surface area contributed by atoms with Crippen molar-refractivity contribution in [1.29, 1.82) is 0 Å². The molecule has 0 aliphatic carbocycles. The zero-order chi connectivity index (χ0) is 22.5. The smallest absolute Gasteiger partial charge is 0.251 e. The van der Waals surface area contributed by atoms with Gasteiger partial charge in [-0.25, -0.2) is 0 Å². The third kappa shape index (κ3) is 5.26. The van der Waals surface area contributed by atoms with Gasteiger partial charge in [0.1, 0.15) is 11.5 Å².